The molecule has 2 rings (SSSR count). The highest BCUT2D eigenvalue weighted by atomic mass is 16.5. The van der Waals surface area contributed by atoms with Crippen molar-refractivity contribution in [2.75, 3.05) is 13.7 Å². The van der Waals surface area contributed by atoms with Crippen LogP contribution in [0.4, 0.5) is 0 Å². The second-order valence-electron chi connectivity index (χ2n) is 5.49. The average Bonchev–Trinajstić information content (AvgIpc) is 2.48. The molecule has 1 N–H and O–H groups in total. The summed E-state index contributed by atoms with van der Waals surface area (Å²) in [6.45, 7) is 2.32. The van der Waals surface area contributed by atoms with Crippen molar-refractivity contribution >= 4 is 5.91 Å². The molecule has 20 heavy (non-hydrogen) atoms. The van der Waals surface area contributed by atoms with Gasteiger partial charge < -0.3 is 14.8 Å². The van der Waals surface area contributed by atoms with Gasteiger partial charge >= 0.3 is 0 Å². The lowest BCUT2D eigenvalue weighted by Gasteiger charge is -2.26. The van der Waals surface area contributed by atoms with Crippen LogP contribution in [-0.2, 0) is 4.79 Å². The van der Waals surface area contributed by atoms with Gasteiger partial charge in [0.25, 0.3) is 5.91 Å². The molecular formula is C16H23NO3. The van der Waals surface area contributed by atoms with E-state index >= 15 is 0 Å². The maximum Gasteiger partial charge on any atom is 0.258 e. The molecule has 0 aliphatic heterocycles. The molecule has 1 aromatic rings. The maximum atomic E-state index is 11.9. The van der Waals surface area contributed by atoms with Crippen LogP contribution in [0.1, 0.15) is 32.6 Å². The van der Waals surface area contributed by atoms with E-state index < -0.39 is 0 Å². The summed E-state index contributed by atoms with van der Waals surface area (Å²) >= 11 is 0. The van der Waals surface area contributed by atoms with Gasteiger partial charge in [-0.15, -0.1) is 0 Å². The lowest BCUT2D eigenvalue weighted by atomic mass is 9.87. The van der Waals surface area contributed by atoms with Crippen molar-refractivity contribution in [3.05, 3.63) is 24.3 Å². The minimum atomic E-state index is -0.0487. The van der Waals surface area contributed by atoms with Gasteiger partial charge in [-0.25, -0.2) is 0 Å². The van der Waals surface area contributed by atoms with Crippen LogP contribution in [0.3, 0.4) is 0 Å². The second kappa shape index (κ2) is 7.17. The molecule has 1 aromatic carbocycles. The summed E-state index contributed by atoms with van der Waals surface area (Å²) in [6, 6.07) is 7.59. The van der Waals surface area contributed by atoms with Gasteiger partial charge in [-0.1, -0.05) is 13.0 Å². The monoisotopic (exact) mass is 277 g/mol. The van der Waals surface area contributed by atoms with Gasteiger partial charge in [0.15, 0.2) is 6.61 Å². The quantitative estimate of drug-likeness (QED) is 0.900. The van der Waals surface area contributed by atoms with Gasteiger partial charge in [0.05, 0.1) is 7.11 Å². The van der Waals surface area contributed by atoms with Gasteiger partial charge in [0, 0.05) is 12.1 Å². The average molecular weight is 277 g/mol. The number of methoxy groups -OCH3 is 1. The summed E-state index contributed by atoms with van der Waals surface area (Å²) in [5, 5.41) is 3.04. The Morgan fingerprint density at radius 3 is 2.65 bits per heavy atom. The minimum absolute atomic E-state index is 0.0487. The number of nitrogens with one attached hydrogen (secondary N) is 1. The first-order valence-corrected chi connectivity index (χ1v) is 7.23. The first-order valence-electron chi connectivity index (χ1n) is 7.23. The zero-order valence-electron chi connectivity index (χ0n) is 12.2. The third kappa shape index (κ3) is 4.44. The highest BCUT2D eigenvalue weighted by Crippen LogP contribution is 2.23. The van der Waals surface area contributed by atoms with E-state index in [1.807, 2.05) is 18.2 Å². The highest BCUT2D eigenvalue weighted by Gasteiger charge is 2.19. The Morgan fingerprint density at radius 1 is 1.25 bits per heavy atom. The van der Waals surface area contributed by atoms with E-state index in [0.717, 1.165) is 24.5 Å². The molecule has 0 aromatic heterocycles. The van der Waals surface area contributed by atoms with Crippen LogP contribution in [0.5, 0.6) is 11.5 Å². The van der Waals surface area contributed by atoms with Gasteiger partial charge in [0.2, 0.25) is 0 Å². The van der Waals surface area contributed by atoms with Crippen molar-refractivity contribution < 1.29 is 14.3 Å². The van der Waals surface area contributed by atoms with E-state index in [9.17, 15) is 4.79 Å². The molecule has 0 saturated heterocycles. The lowest BCUT2D eigenvalue weighted by molar-refractivity contribution is -0.124. The molecule has 1 aliphatic carbocycles. The fourth-order valence-corrected chi connectivity index (χ4v) is 2.51. The zero-order chi connectivity index (χ0) is 14.4. The van der Waals surface area contributed by atoms with Crippen LogP contribution < -0.4 is 14.8 Å². The molecule has 4 nitrogen and oxygen atoms in total. The van der Waals surface area contributed by atoms with Crippen LogP contribution >= 0.6 is 0 Å². The normalized spacial score (nSPS) is 22.1. The van der Waals surface area contributed by atoms with Crippen LogP contribution in [0.2, 0.25) is 0 Å². The lowest BCUT2D eigenvalue weighted by Crippen LogP contribution is -2.39. The molecule has 110 valence electrons. The standard InChI is InChI=1S/C16H23NO3/c1-12-6-8-13(9-7-12)17-16(18)11-20-15-5-3-4-14(10-15)19-2/h3-5,10,12-13H,6-9,11H2,1-2H3,(H,17,18). The Hall–Kier alpha value is -1.71. The Kier molecular flexibility index (Phi) is 5.27. The number of amides is 1. The van der Waals surface area contributed by atoms with Gasteiger partial charge in [0.1, 0.15) is 11.5 Å². The maximum absolute atomic E-state index is 11.9. The molecule has 1 saturated carbocycles. The number of benzene rings is 1. The number of hydrogen-bond acceptors (Lipinski definition) is 3. The molecule has 0 atom stereocenters. The van der Waals surface area contributed by atoms with Crippen molar-refractivity contribution in [1.82, 2.24) is 5.32 Å². The molecule has 1 amide bonds. The summed E-state index contributed by atoms with van der Waals surface area (Å²) in [6.07, 6.45) is 4.54. The van der Waals surface area contributed by atoms with Crippen LogP contribution in [0, 0.1) is 5.92 Å². The van der Waals surface area contributed by atoms with E-state index in [4.69, 9.17) is 9.47 Å². The smallest absolute Gasteiger partial charge is 0.258 e. The zero-order valence-corrected chi connectivity index (χ0v) is 12.2. The van der Waals surface area contributed by atoms with E-state index in [1.54, 1.807) is 13.2 Å². The van der Waals surface area contributed by atoms with Crippen molar-refractivity contribution in [3.63, 3.8) is 0 Å². The van der Waals surface area contributed by atoms with Gasteiger partial charge in [-0.3, -0.25) is 4.79 Å². The summed E-state index contributed by atoms with van der Waals surface area (Å²) in [7, 11) is 1.61. The molecule has 0 bridgehead atoms. The summed E-state index contributed by atoms with van der Waals surface area (Å²) < 4.78 is 10.6. The number of hydrogen-bond donors (Lipinski definition) is 1. The topological polar surface area (TPSA) is 47.6 Å². The van der Waals surface area contributed by atoms with Crippen LogP contribution in [-0.4, -0.2) is 25.7 Å². The fourth-order valence-electron chi connectivity index (χ4n) is 2.51. The Bertz CT molecular complexity index is 439. The molecule has 4 heteroatoms. The Morgan fingerprint density at radius 2 is 1.95 bits per heavy atom. The van der Waals surface area contributed by atoms with E-state index in [-0.39, 0.29) is 12.5 Å². The van der Waals surface area contributed by atoms with Crippen molar-refractivity contribution in [3.8, 4) is 11.5 Å². The van der Waals surface area contributed by atoms with Crippen molar-refractivity contribution in [1.29, 1.82) is 0 Å². The molecule has 1 aliphatic rings. The third-order valence-electron chi connectivity index (χ3n) is 3.79. The first-order chi connectivity index (χ1) is 9.67. The number of ether oxygens (including phenoxy) is 2. The molecule has 1 fully saturated rings. The first kappa shape index (κ1) is 14.7. The summed E-state index contributed by atoms with van der Waals surface area (Å²) in [4.78, 5) is 11.9. The number of rotatable bonds is 5. The van der Waals surface area contributed by atoms with Crippen LogP contribution in [0.15, 0.2) is 24.3 Å². The molecule has 0 unspecified atom stereocenters. The van der Waals surface area contributed by atoms with Crippen LogP contribution in [0.25, 0.3) is 0 Å². The highest BCUT2D eigenvalue weighted by molar-refractivity contribution is 5.77. The van der Waals surface area contributed by atoms with E-state index in [1.165, 1.54) is 12.8 Å². The molecule has 0 spiro atoms. The fraction of sp³-hybridized carbons (Fsp3) is 0.562. The Labute approximate surface area is 120 Å². The Balaban J connectivity index is 1.74. The molecule has 0 radical (unpaired) electrons. The van der Waals surface area contributed by atoms with E-state index in [0.29, 0.717) is 11.8 Å². The summed E-state index contributed by atoms with van der Waals surface area (Å²) in [5.41, 5.74) is 0. The predicted molar refractivity (Wildman–Crippen MR) is 78.1 cm³/mol. The van der Waals surface area contributed by atoms with Gasteiger partial charge in [-0.2, -0.15) is 0 Å². The van der Waals surface area contributed by atoms with Crippen molar-refractivity contribution in [2.45, 2.75) is 38.6 Å². The summed E-state index contributed by atoms with van der Waals surface area (Å²) in [5.74, 6) is 2.12. The molecule has 0 heterocycles. The molecular weight excluding hydrogens is 254 g/mol. The van der Waals surface area contributed by atoms with Crippen molar-refractivity contribution in [2.24, 2.45) is 5.92 Å². The predicted octanol–water partition coefficient (Wildman–Crippen LogP) is 2.77. The number of carbonyl (C=O) groups is 1. The largest absolute Gasteiger partial charge is 0.497 e. The van der Waals surface area contributed by atoms with Gasteiger partial charge in [-0.05, 0) is 43.7 Å². The SMILES string of the molecule is COc1cccc(OCC(=O)NC2CCC(C)CC2)c1. The third-order valence-corrected chi connectivity index (χ3v) is 3.79. The minimum Gasteiger partial charge on any atom is -0.497 e. The second-order valence-corrected chi connectivity index (χ2v) is 5.49. The van der Waals surface area contributed by atoms with E-state index in [2.05, 4.69) is 12.2 Å². The number of carbonyl (C=O) groups excluding carboxylic acids is 1.